The average molecular weight is 1170 g/mol. The summed E-state index contributed by atoms with van der Waals surface area (Å²) in [5.41, 5.74) is 5.00. The van der Waals surface area contributed by atoms with E-state index in [4.69, 9.17) is 9.51 Å². The summed E-state index contributed by atoms with van der Waals surface area (Å²) in [6.45, 7) is 67.0. The van der Waals surface area contributed by atoms with Crippen molar-refractivity contribution in [2.75, 3.05) is 0 Å². The van der Waals surface area contributed by atoms with Gasteiger partial charge >= 0.3 is 463 Å². The first kappa shape index (κ1) is 62.4. The molecule has 0 unspecified atom stereocenters. The van der Waals surface area contributed by atoms with Gasteiger partial charge in [0, 0.05) is 0 Å². The molecule has 0 radical (unpaired) electrons. The summed E-state index contributed by atoms with van der Waals surface area (Å²) in [6, 6.07) is 45.8. The van der Waals surface area contributed by atoms with E-state index >= 15 is 0 Å². The number of benzene rings is 4. The van der Waals surface area contributed by atoms with E-state index in [0.29, 0.717) is 0 Å². The van der Waals surface area contributed by atoms with Crippen molar-refractivity contribution >= 4 is 118 Å². The van der Waals surface area contributed by atoms with Gasteiger partial charge in [-0.1, -0.05) is 0 Å². The van der Waals surface area contributed by atoms with Crippen molar-refractivity contribution in [3.8, 4) is 21.3 Å². The van der Waals surface area contributed by atoms with Crippen molar-refractivity contribution in [1.82, 2.24) is 0 Å². The quantitative estimate of drug-likeness (QED) is 0.0688. The number of rotatable bonds is 18. The minimum atomic E-state index is -4.42. The predicted molar refractivity (Wildman–Crippen MR) is 355 cm³/mol. The van der Waals surface area contributed by atoms with Crippen molar-refractivity contribution in [3.05, 3.63) is 150 Å². The summed E-state index contributed by atoms with van der Waals surface area (Å²) >= 11 is -8.52. The zero-order chi connectivity index (χ0) is 53.8. The van der Waals surface area contributed by atoms with Crippen molar-refractivity contribution in [3.63, 3.8) is 0 Å². The third-order valence-corrected chi connectivity index (χ3v) is 103. The van der Waals surface area contributed by atoms with E-state index in [1.807, 2.05) is 6.54 Å². The molecule has 0 aliphatic carbocycles. The molecule has 4 aromatic rings. The fourth-order valence-corrected chi connectivity index (χ4v) is 136. The van der Waals surface area contributed by atoms with Crippen LogP contribution in [0.15, 0.2) is 128 Å². The Morgan fingerprint density at radius 1 is 0.324 bits per heavy atom. The molecule has 0 heterocycles. The molecule has 380 valence electrons. The van der Waals surface area contributed by atoms with E-state index in [-0.39, 0.29) is 0 Å². The zero-order valence-corrected chi connectivity index (χ0v) is 62.1. The molecule has 0 saturated heterocycles. The maximum absolute atomic E-state index is 4.77. The van der Waals surface area contributed by atoms with E-state index in [1.54, 1.807) is 0 Å². The van der Waals surface area contributed by atoms with Crippen LogP contribution in [0.2, 0.25) is 173 Å². The normalized spacial score (nSPS) is 14.1. The van der Waals surface area contributed by atoms with Crippen LogP contribution >= 0.6 is 0 Å². The Balaban J connectivity index is 2.74. The van der Waals surface area contributed by atoms with Gasteiger partial charge < -0.3 is 0 Å². The Morgan fingerprint density at radius 2 is 0.521 bits per heavy atom. The third-order valence-electron chi connectivity index (χ3n) is 15.1. The molecule has 0 N–H and O–H groups in total. The van der Waals surface area contributed by atoms with Gasteiger partial charge in [-0.2, -0.15) is 0 Å². The van der Waals surface area contributed by atoms with Gasteiger partial charge in [0.2, 0.25) is 0 Å². The van der Waals surface area contributed by atoms with E-state index in [0.717, 1.165) is 27.2 Å². The van der Waals surface area contributed by atoms with Crippen LogP contribution < -0.4 is 0 Å². The van der Waals surface area contributed by atoms with Crippen LogP contribution in [-0.2, 0) is 0 Å². The van der Waals surface area contributed by atoms with E-state index in [2.05, 4.69) is 302 Å². The topological polar surface area (TPSA) is 0 Å². The van der Waals surface area contributed by atoms with Gasteiger partial charge in [0.1, 0.15) is 0 Å². The molecule has 0 saturated carbocycles. The first-order valence-electron chi connectivity index (χ1n) is 27.0. The fraction of sp³-hybridized carbons (Fsp3) is 0.467. The van der Waals surface area contributed by atoms with Crippen LogP contribution in [0.25, 0.3) is 12.2 Å². The van der Waals surface area contributed by atoms with Gasteiger partial charge in [0.15, 0.2) is 0 Å². The molecule has 11 heteroatoms. The maximum atomic E-state index is 4.77. The monoisotopic (exact) mass is 1170 g/mol. The Hall–Kier alpha value is -1.18. The second kappa shape index (κ2) is 24.0. The Labute approximate surface area is 458 Å². The second-order valence-electron chi connectivity index (χ2n) is 29.9. The first-order valence-corrected chi connectivity index (χ1v) is 63.7. The molecular weight excluding hydrogens is 1070 g/mol. The molecular formula is C60H98Al2GeSi8. The predicted octanol–water partition coefficient (Wildman–Crippen LogP) is 18.4. The molecule has 0 amide bonds. The molecule has 0 aliphatic heterocycles. The van der Waals surface area contributed by atoms with Gasteiger partial charge in [-0.05, 0) is 0 Å². The van der Waals surface area contributed by atoms with E-state index in [9.17, 15) is 0 Å². The van der Waals surface area contributed by atoms with Gasteiger partial charge in [-0.15, -0.1) is 0 Å². The van der Waals surface area contributed by atoms with Crippen molar-refractivity contribution in [1.29, 1.82) is 0 Å². The van der Waals surface area contributed by atoms with E-state index in [1.165, 1.54) is 11.1 Å². The minimum absolute atomic E-state index is 0.767. The summed E-state index contributed by atoms with van der Waals surface area (Å²) in [4.78, 5) is 0. The summed E-state index contributed by atoms with van der Waals surface area (Å²) in [5, 5.41) is 0. The molecule has 0 nitrogen and oxygen atoms in total. The number of hydrogen-bond acceptors (Lipinski definition) is 0. The molecule has 0 spiro atoms. The average Bonchev–Trinajstić information content (AvgIpc) is 3.19. The summed E-state index contributed by atoms with van der Waals surface area (Å²) in [5.74, 6) is 8.43. The van der Waals surface area contributed by atoms with Gasteiger partial charge in [-0.3, -0.25) is 0 Å². The molecule has 0 fully saturated rings. The molecule has 4 aromatic carbocycles. The van der Waals surface area contributed by atoms with Crippen molar-refractivity contribution < 1.29 is 0 Å². The van der Waals surface area contributed by atoms with Crippen molar-refractivity contribution in [2.45, 2.75) is 173 Å². The summed E-state index contributed by atoms with van der Waals surface area (Å²) in [7, 11) is -14.9. The molecule has 0 atom stereocenters. The fourth-order valence-electron chi connectivity index (χ4n) is 14.8. The third kappa shape index (κ3) is 16.9. The SMILES string of the molecule is C[Si](C)(C)[CH]([Al](/[C](=C\c1ccccc1)[Ge]([C]#Cc1ccccc1)([C]#Cc1ccccc1)/[C](=C/c1ccccc1)[Al]([CH]([Si](C)(C)C)[Si](C)(C)C)[CH]([Si](C)(C)C)[Si](C)(C)C)[CH]([Si](C)(C)C)[Si](C)(C)C)[Si](C)(C)C. The summed E-state index contributed by atoms with van der Waals surface area (Å²) in [6.07, 6.45) is 5.80. The van der Waals surface area contributed by atoms with Crippen LogP contribution in [0.1, 0.15) is 22.3 Å². The molecule has 0 aromatic heterocycles. The van der Waals surface area contributed by atoms with E-state index < -0.39 is 106 Å². The molecule has 71 heavy (non-hydrogen) atoms. The molecule has 4 rings (SSSR count). The van der Waals surface area contributed by atoms with Crippen LogP contribution in [-0.4, -0.2) is 106 Å². The van der Waals surface area contributed by atoms with Crippen LogP contribution in [0.5, 0.6) is 0 Å². The zero-order valence-electron chi connectivity index (χ0n) is 49.7. The Kier molecular flexibility index (Phi) is 21.1. The van der Waals surface area contributed by atoms with Gasteiger partial charge in [0.05, 0.1) is 0 Å². The van der Waals surface area contributed by atoms with Gasteiger partial charge in [0.25, 0.3) is 0 Å². The van der Waals surface area contributed by atoms with Crippen LogP contribution in [0.4, 0.5) is 0 Å². The Bertz CT molecular complexity index is 2240. The number of hydrogen-bond donors (Lipinski definition) is 0. The molecule has 0 bridgehead atoms. The van der Waals surface area contributed by atoms with Gasteiger partial charge in [-0.25, -0.2) is 0 Å². The first-order chi connectivity index (χ1) is 32.3. The standard InChI is InChI=1S/C32H22Ge.4C7H19Si2.2Al/c1-5-13-29(14-6-1)21-25-33(26-22-30-15-7-2-8-16-30,27-23-31-17-9-3-10-18-31)28-24-32-19-11-4-12-20-32;4*1-8(2,3)7-9(4,5)6;;/h1-22H;4*7H,1-6H3;;. The second-order valence-corrected chi connectivity index (χ2v) is 95.4. The summed E-state index contributed by atoms with van der Waals surface area (Å²) < 4.78 is 16.3. The van der Waals surface area contributed by atoms with Crippen LogP contribution in [0, 0.1) is 21.3 Å². The van der Waals surface area contributed by atoms with Crippen molar-refractivity contribution in [2.24, 2.45) is 0 Å². The Morgan fingerprint density at radius 3 is 0.718 bits per heavy atom. The van der Waals surface area contributed by atoms with Crippen LogP contribution in [0.3, 0.4) is 0 Å². The molecule has 0 aliphatic rings.